The SMILES string of the molecule is Cc1ccc(C(=O)N[C@@H](Cc2ccccc2)C(=O)N[C@@H](CO)C(=O)O)c(OC[C@@H](N)CC(C)C)c1. The number of nitrogens with two attached hydrogens (primary N) is 1. The number of amides is 2. The fourth-order valence-electron chi connectivity index (χ4n) is 3.56. The van der Waals surface area contributed by atoms with E-state index in [9.17, 15) is 24.6 Å². The fourth-order valence-corrected chi connectivity index (χ4v) is 3.56. The number of hydrogen-bond acceptors (Lipinski definition) is 6. The molecule has 6 N–H and O–H groups in total. The van der Waals surface area contributed by atoms with Crippen LogP contribution in [0.2, 0.25) is 0 Å². The highest BCUT2D eigenvalue weighted by Crippen LogP contribution is 2.21. The van der Waals surface area contributed by atoms with E-state index in [1.54, 1.807) is 42.5 Å². The zero-order chi connectivity index (χ0) is 26.0. The Morgan fingerprint density at radius 1 is 1.03 bits per heavy atom. The second-order valence-corrected chi connectivity index (χ2v) is 9.00. The molecular formula is C26H35N3O6. The topological polar surface area (TPSA) is 151 Å². The van der Waals surface area contributed by atoms with Crippen LogP contribution in [0.15, 0.2) is 48.5 Å². The molecular weight excluding hydrogens is 450 g/mol. The first kappa shape index (κ1) is 27.8. The molecule has 3 atom stereocenters. The summed E-state index contributed by atoms with van der Waals surface area (Å²) in [4.78, 5) is 37.4. The van der Waals surface area contributed by atoms with Gasteiger partial charge in [-0.25, -0.2) is 4.79 Å². The van der Waals surface area contributed by atoms with Gasteiger partial charge in [-0.1, -0.05) is 50.2 Å². The number of carbonyl (C=O) groups is 3. The van der Waals surface area contributed by atoms with Crippen molar-refractivity contribution >= 4 is 17.8 Å². The smallest absolute Gasteiger partial charge is 0.328 e. The van der Waals surface area contributed by atoms with Crippen molar-refractivity contribution in [3.05, 3.63) is 65.2 Å². The fraction of sp³-hybridized carbons (Fsp3) is 0.423. The lowest BCUT2D eigenvalue weighted by Gasteiger charge is -2.22. The van der Waals surface area contributed by atoms with Gasteiger partial charge in [-0.05, 0) is 42.5 Å². The van der Waals surface area contributed by atoms with Crippen LogP contribution < -0.4 is 21.1 Å². The van der Waals surface area contributed by atoms with Crippen molar-refractivity contribution in [3.8, 4) is 5.75 Å². The quantitative estimate of drug-likeness (QED) is 0.289. The van der Waals surface area contributed by atoms with Gasteiger partial charge >= 0.3 is 5.97 Å². The highest BCUT2D eigenvalue weighted by molar-refractivity contribution is 6.00. The summed E-state index contributed by atoms with van der Waals surface area (Å²) in [6.07, 6.45) is 0.889. The van der Waals surface area contributed by atoms with Crippen molar-refractivity contribution in [1.29, 1.82) is 0 Å². The van der Waals surface area contributed by atoms with Gasteiger partial charge in [0.05, 0.1) is 12.2 Å². The molecule has 2 amide bonds. The zero-order valence-electron chi connectivity index (χ0n) is 20.4. The summed E-state index contributed by atoms with van der Waals surface area (Å²) in [5.74, 6) is -1.90. The third-order valence-corrected chi connectivity index (χ3v) is 5.31. The van der Waals surface area contributed by atoms with E-state index < -0.39 is 36.5 Å². The summed E-state index contributed by atoms with van der Waals surface area (Å²) >= 11 is 0. The minimum atomic E-state index is -1.49. The second-order valence-electron chi connectivity index (χ2n) is 9.00. The summed E-state index contributed by atoms with van der Waals surface area (Å²) in [7, 11) is 0. The van der Waals surface area contributed by atoms with E-state index in [0.717, 1.165) is 17.5 Å². The molecule has 9 nitrogen and oxygen atoms in total. The monoisotopic (exact) mass is 485 g/mol. The van der Waals surface area contributed by atoms with Crippen LogP contribution in [-0.2, 0) is 16.0 Å². The molecule has 9 heteroatoms. The summed E-state index contributed by atoms with van der Waals surface area (Å²) < 4.78 is 5.88. The Bertz CT molecular complexity index is 996. The number of carboxylic acids is 1. The van der Waals surface area contributed by atoms with Gasteiger partial charge in [-0.15, -0.1) is 0 Å². The first-order chi connectivity index (χ1) is 16.6. The molecule has 0 unspecified atom stereocenters. The maximum atomic E-state index is 13.2. The lowest BCUT2D eigenvalue weighted by molar-refractivity contribution is -0.143. The van der Waals surface area contributed by atoms with E-state index >= 15 is 0 Å². The van der Waals surface area contributed by atoms with Gasteiger partial charge in [0, 0.05) is 12.5 Å². The maximum absolute atomic E-state index is 13.2. The Labute approximate surface area is 205 Å². The molecule has 0 saturated carbocycles. The number of aliphatic hydroxyl groups excluding tert-OH is 1. The largest absolute Gasteiger partial charge is 0.491 e. The number of rotatable bonds is 13. The molecule has 2 aromatic carbocycles. The summed E-state index contributed by atoms with van der Waals surface area (Å²) in [6.45, 7) is 5.45. The van der Waals surface area contributed by atoms with Crippen LogP contribution in [0.3, 0.4) is 0 Å². The minimum absolute atomic E-state index is 0.123. The molecule has 35 heavy (non-hydrogen) atoms. The molecule has 0 heterocycles. The molecule has 0 spiro atoms. The van der Waals surface area contributed by atoms with Gasteiger partial charge in [0.1, 0.15) is 24.4 Å². The zero-order valence-corrected chi connectivity index (χ0v) is 20.4. The lowest BCUT2D eigenvalue weighted by Crippen LogP contribution is -2.53. The average molecular weight is 486 g/mol. The summed E-state index contributed by atoms with van der Waals surface area (Å²) in [6, 6.07) is 11.3. The Kier molecular flexibility index (Phi) is 10.7. The van der Waals surface area contributed by atoms with Crippen molar-refractivity contribution < 1.29 is 29.3 Å². The Balaban J connectivity index is 2.24. The third kappa shape index (κ3) is 9.03. The maximum Gasteiger partial charge on any atom is 0.328 e. The van der Waals surface area contributed by atoms with Crippen molar-refractivity contribution in [2.75, 3.05) is 13.2 Å². The van der Waals surface area contributed by atoms with Gasteiger partial charge < -0.3 is 31.3 Å². The average Bonchev–Trinajstić information content (AvgIpc) is 2.80. The Morgan fingerprint density at radius 2 is 1.71 bits per heavy atom. The first-order valence-electron chi connectivity index (χ1n) is 11.6. The van der Waals surface area contributed by atoms with Crippen LogP contribution in [0.5, 0.6) is 5.75 Å². The van der Waals surface area contributed by atoms with Gasteiger partial charge in [0.2, 0.25) is 5.91 Å². The van der Waals surface area contributed by atoms with Gasteiger partial charge in [0.25, 0.3) is 5.91 Å². The van der Waals surface area contributed by atoms with Gasteiger partial charge in [-0.2, -0.15) is 0 Å². The van der Waals surface area contributed by atoms with E-state index in [4.69, 9.17) is 10.5 Å². The molecule has 190 valence electrons. The number of aliphatic hydroxyl groups is 1. The predicted molar refractivity (Wildman–Crippen MR) is 132 cm³/mol. The summed E-state index contributed by atoms with van der Waals surface area (Å²) in [5, 5.41) is 23.4. The highest BCUT2D eigenvalue weighted by Gasteiger charge is 2.27. The molecule has 0 radical (unpaired) electrons. The molecule has 0 aliphatic rings. The Hall–Kier alpha value is -3.43. The van der Waals surface area contributed by atoms with E-state index in [-0.39, 0.29) is 24.6 Å². The number of benzene rings is 2. The molecule has 0 bridgehead atoms. The number of aryl methyl sites for hydroxylation is 1. The molecule has 0 aliphatic carbocycles. The normalized spacial score (nSPS) is 13.5. The van der Waals surface area contributed by atoms with Crippen LogP contribution >= 0.6 is 0 Å². The van der Waals surface area contributed by atoms with E-state index in [1.807, 2.05) is 13.0 Å². The molecule has 0 aliphatic heterocycles. The standard InChI is InChI=1S/C26H35N3O6/c1-16(2)11-19(27)15-35-23-12-17(3)9-10-20(23)24(31)28-21(13-18-7-5-4-6-8-18)25(32)29-22(14-30)26(33)34/h4-10,12,16,19,21-22,30H,11,13-15,27H2,1-3H3,(H,28,31)(H,29,32)(H,33,34)/t19-,21-,22-/m0/s1. The number of aliphatic carboxylic acids is 1. The number of ether oxygens (including phenoxy) is 1. The second kappa shape index (κ2) is 13.5. The number of carboxylic acid groups (broad SMARTS) is 1. The highest BCUT2D eigenvalue weighted by atomic mass is 16.5. The molecule has 0 aromatic heterocycles. The van der Waals surface area contributed by atoms with Crippen LogP contribution in [0.4, 0.5) is 0 Å². The number of hydrogen-bond donors (Lipinski definition) is 5. The molecule has 2 rings (SSSR count). The van der Waals surface area contributed by atoms with Gasteiger partial charge in [0.15, 0.2) is 0 Å². The van der Waals surface area contributed by atoms with Crippen LogP contribution in [0.25, 0.3) is 0 Å². The van der Waals surface area contributed by atoms with Crippen molar-refractivity contribution in [2.24, 2.45) is 11.7 Å². The van der Waals surface area contributed by atoms with Crippen LogP contribution in [0, 0.1) is 12.8 Å². The van der Waals surface area contributed by atoms with Crippen molar-refractivity contribution in [1.82, 2.24) is 10.6 Å². The van der Waals surface area contributed by atoms with E-state index in [2.05, 4.69) is 24.5 Å². The van der Waals surface area contributed by atoms with Gasteiger partial charge in [-0.3, -0.25) is 9.59 Å². The third-order valence-electron chi connectivity index (χ3n) is 5.31. The predicted octanol–water partition coefficient (Wildman–Crippen LogP) is 1.65. The minimum Gasteiger partial charge on any atom is -0.491 e. The van der Waals surface area contributed by atoms with Crippen LogP contribution in [0.1, 0.15) is 41.8 Å². The number of carbonyl (C=O) groups excluding carboxylic acids is 2. The Morgan fingerprint density at radius 3 is 2.31 bits per heavy atom. The molecule has 2 aromatic rings. The summed E-state index contributed by atoms with van der Waals surface area (Å²) in [5.41, 5.74) is 8.02. The molecule has 0 saturated heterocycles. The first-order valence-corrected chi connectivity index (χ1v) is 11.6. The number of nitrogens with one attached hydrogen (secondary N) is 2. The van der Waals surface area contributed by atoms with Crippen molar-refractivity contribution in [2.45, 2.75) is 51.7 Å². The molecule has 0 fully saturated rings. The lowest BCUT2D eigenvalue weighted by atomic mass is 10.0. The van der Waals surface area contributed by atoms with Crippen LogP contribution in [-0.4, -0.2) is 59.3 Å². The van der Waals surface area contributed by atoms with Crippen molar-refractivity contribution in [3.63, 3.8) is 0 Å². The van der Waals surface area contributed by atoms with E-state index in [0.29, 0.717) is 11.7 Å². The van der Waals surface area contributed by atoms with E-state index in [1.165, 1.54) is 0 Å².